The molecule has 0 bridgehead atoms. The minimum atomic E-state index is -0.524. The third kappa shape index (κ3) is 3.40. The zero-order chi connectivity index (χ0) is 26.7. The first-order chi connectivity index (χ1) is 19.0. The number of fused-ring (bicyclic) bond motifs is 6. The van der Waals surface area contributed by atoms with Gasteiger partial charge in [0, 0.05) is 29.7 Å². The zero-order valence-electron chi connectivity index (χ0n) is 20.8. The minimum Gasteiger partial charge on any atom is -0.438 e. The Balaban J connectivity index is 1.48. The molecule has 1 amide bonds. The number of para-hydroxylation sites is 6. The van der Waals surface area contributed by atoms with E-state index in [1.807, 2.05) is 53.4 Å². The Morgan fingerprint density at radius 1 is 0.692 bits per heavy atom. The first kappa shape index (κ1) is 22.7. The Kier molecular flexibility index (Phi) is 4.99. The lowest BCUT2D eigenvalue weighted by atomic mass is 9.86. The van der Waals surface area contributed by atoms with Gasteiger partial charge in [-0.15, -0.1) is 0 Å². The number of hydrogen-bond donors (Lipinski definition) is 0. The van der Waals surface area contributed by atoms with Gasteiger partial charge in [0.15, 0.2) is 11.5 Å². The van der Waals surface area contributed by atoms with Gasteiger partial charge in [-0.3, -0.25) is 24.2 Å². The number of anilines is 4. The van der Waals surface area contributed by atoms with E-state index in [-0.39, 0.29) is 17.1 Å². The first-order valence-corrected chi connectivity index (χ1v) is 12.4. The van der Waals surface area contributed by atoms with Crippen LogP contribution in [0.4, 0.5) is 22.7 Å². The molecular weight excluding hydrogens is 492 g/mol. The fourth-order valence-electron chi connectivity index (χ4n) is 5.33. The average Bonchev–Trinajstić information content (AvgIpc) is 3.32. The summed E-state index contributed by atoms with van der Waals surface area (Å²) in [4.78, 5) is 43.7. The Labute approximate surface area is 223 Å². The highest BCUT2D eigenvalue weighted by atomic mass is 16.5. The molecule has 0 fully saturated rings. The van der Waals surface area contributed by atoms with Gasteiger partial charge < -0.3 is 9.47 Å². The molecule has 7 heteroatoms. The molecule has 3 heterocycles. The van der Waals surface area contributed by atoms with Crippen molar-refractivity contribution in [3.8, 4) is 11.5 Å². The summed E-state index contributed by atoms with van der Waals surface area (Å²) in [6, 6.07) is 29.0. The molecule has 4 aromatic carbocycles. The van der Waals surface area contributed by atoms with Gasteiger partial charge in [-0.1, -0.05) is 54.6 Å². The van der Waals surface area contributed by atoms with Gasteiger partial charge in [0.25, 0.3) is 5.91 Å². The third-order valence-electron chi connectivity index (χ3n) is 6.91. The van der Waals surface area contributed by atoms with E-state index < -0.39 is 11.9 Å². The number of hydrogen-bond acceptors (Lipinski definition) is 6. The molecule has 0 aromatic heterocycles. The lowest BCUT2D eigenvalue weighted by Gasteiger charge is -2.33. The highest BCUT2D eigenvalue weighted by Crippen LogP contribution is 2.51. The number of carbonyl (C=O) groups is 3. The standard InChI is InChI=1S/C32H20N2O5/c1-19(35)38-27-16-8-7-15-26(27)34-24-13-5-3-11-21(24)31(36)30(32(34)37)22-18-29-33(23-12-4-2-10-20(22)23)25-14-6-9-17-28(25)39-29/h2-18H,1H3/b30-22+. The van der Waals surface area contributed by atoms with Gasteiger partial charge in [-0.25, -0.2) is 0 Å². The van der Waals surface area contributed by atoms with Crippen molar-refractivity contribution in [3.63, 3.8) is 0 Å². The molecule has 0 radical (unpaired) electrons. The van der Waals surface area contributed by atoms with Crippen LogP contribution in [0.25, 0.3) is 5.57 Å². The smallest absolute Gasteiger partial charge is 0.308 e. The average molecular weight is 513 g/mol. The topological polar surface area (TPSA) is 76.2 Å². The number of benzene rings is 4. The van der Waals surface area contributed by atoms with Crippen LogP contribution in [-0.2, 0) is 9.59 Å². The van der Waals surface area contributed by atoms with Crippen LogP contribution in [0.3, 0.4) is 0 Å². The molecule has 0 spiro atoms. The highest BCUT2D eigenvalue weighted by Gasteiger charge is 2.41. The van der Waals surface area contributed by atoms with Crippen molar-refractivity contribution in [2.75, 3.05) is 9.80 Å². The molecule has 4 aromatic rings. The molecule has 3 aliphatic heterocycles. The van der Waals surface area contributed by atoms with Crippen LogP contribution < -0.4 is 19.3 Å². The van der Waals surface area contributed by atoms with Crippen molar-refractivity contribution in [1.82, 2.24) is 0 Å². The SMILES string of the molecule is CC(=O)Oc1ccccc1N1C(=O)/C(=C2\C=C3Oc4ccccc4N3c3ccccc32)C(=O)c2ccccc21. The van der Waals surface area contributed by atoms with E-state index in [0.717, 1.165) is 16.9 Å². The predicted octanol–water partition coefficient (Wildman–Crippen LogP) is 6.31. The number of amides is 1. The van der Waals surface area contributed by atoms with Gasteiger partial charge in [0.05, 0.1) is 28.3 Å². The first-order valence-electron chi connectivity index (χ1n) is 12.4. The number of Topliss-reactive ketones (excluding diaryl/α,β-unsaturated/α-hetero) is 1. The summed E-state index contributed by atoms with van der Waals surface area (Å²) in [5, 5.41) is 0. The lowest BCUT2D eigenvalue weighted by molar-refractivity contribution is -0.132. The molecule has 0 atom stereocenters. The molecule has 39 heavy (non-hydrogen) atoms. The number of ketones is 1. The van der Waals surface area contributed by atoms with Crippen molar-refractivity contribution in [2.45, 2.75) is 6.92 Å². The summed E-state index contributed by atoms with van der Waals surface area (Å²) < 4.78 is 11.6. The van der Waals surface area contributed by atoms with Gasteiger partial charge in [0.1, 0.15) is 0 Å². The fourth-order valence-corrected chi connectivity index (χ4v) is 5.33. The van der Waals surface area contributed by atoms with Gasteiger partial charge in [0.2, 0.25) is 11.7 Å². The van der Waals surface area contributed by atoms with E-state index in [0.29, 0.717) is 34.1 Å². The molecule has 7 rings (SSSR count). The second kappa shape index (κ2) is 8.56. The molecule has 0 aliphatic carbocycles. The fraction of sp³-hybridized carbons (Fsp3) is 0.0312. The molecule has 0 saturated heterocycles. The van der Waals surface area contributed by atoms with Crippen molar-refractivity contribution in [2.24, 2.45) is 0 Å². The molecule has 0 unspecified atom stereocenters. The van der Waals surface area contributed by atoms with E-state index >= 15 is 0 Å². The Morgan fingerprint density at radius 2 is 1.28 bits per heavy atom. The van der Waals surface area contributed by atoms with E-state index in [9.17, 15) is 14.4 Å². The summed E-state index contributed by atoms with van der Waals surface area (Å²) >= 11 is 0. The second-order valence-corrected chi connectivity index (χ2v) is 9.24. The molecule has 3 aliphatic rings. The Hall–Kier alpha value is -5.43. The zero-order valence-corrected chi connectivity index (χ0v) is 20.8. The third-order valence-corrected chi connectivity index (χ3v) is 6.91. The number of carbonyl (C=O) groups excluding carboxylic acids is 3. The Morgan fingerprint density at radius 3 is 2.03 bits per heavy atom. The summed E-state index contributed by atoms with van der Waals surface area (Å²) in [6.45, 7) is 1.30. The summed E-state index contributed by atoms with van der Waals surface area (Å²) in [5.41, 5.74) is 4.02. The second-order valence-electron chi connectivity index (χ2n) is 9.24. The van der Waals surface area contributed by atoms with Gasteiger partial charge in [-0.2, -0.15) is 0 Å². The Bertz CT molecular complexity index is 1800. The molecule has 7 nitrogen and oxygen atoms in total. The van der Waals surface area contributed by atoms with Crippen LogP contribution in [0.2, 0.25) is 0 Å². The van der Waals surface area contributed by atoms with Crippen LogP contribution in [-0.4, -0.2) is 17.7 Å². The number of esters is 1. The molecular formula is C32H20N2O5. The molecule has 0 N–H and O–H groups in total. The van der Waals surface area contributed by atoms with Gasteiger partial charge in [-0.05, 0) is 42.5 Å². The maximum atomic E-state index is 14.4. The van der Waals surface area contributed by atoms with Gasteiger partial charge >= 0.3 is 5.97 Å². The predicted molar refractivity (Wildman–Crippen MR) is 146 cm³/mol. The summed E-state index contributed by atoms with van der Waals surface area (Å²) in [6.07, 6.45) is 1.75. The van der Waals surface area contributed by atoms with Crippen molar-refractivity contribution >= 4 is 46.0 Å². The largest absolute Gasteiger partial charge is 0.438 e. The van der Waals surface area contributed by atoms with E-state index in [2.05, 4.69) is 0 Å². The number of ether oxygens (including phenoxy) is 2. The number of nitrogens with zero attached hydrogens (tertiary/aromatic N) is 2. The monoisotopic (exact) mass is 512 g/mol. The van der Waals surface area contributed by atoms with Crippen LogP contribution in [0.1, 0.15) is 22.8 Å². The van der Waals surface area contributed by atoms with Crippen molar-refractivity contribution in [3.05, 3.63) is 126 Å². The van der Waals surface area contributed by atoms with E-state index in [4.69, 9.17) is 9.47 Å². The number of rotatable bonds is 2. The lowest BCUT2D eigenvalue weighted by Crippen LogP contribution is -2.37. The maximum absolute atomic E-state index is 14.4. The number of allylic oxidation sites excluding steroid dienone is 2. The summed E-state index contributed by atoms with van der Waals surface area (Å²) in [5.74, 6) is -0.0164. The highest BCUT2D eigenvalue weighted by molar-refractivity contribution is 6.40. The minimum absolute atomic E-state index is 0.00508. The van der Waals surface area contributed by atoms with Crippen LogP contribution in [0.5, 0.6) is 11.5 Å². The van der Waals surface area contributed by atoms with E-state index in [1.165, 1.54) is 11.8 Å². The molecule has 0 saturated carbocycles. The van der Waals surface area contributed by atoms with Crippen molar-refractivity contribution < 1.29 is 23.9 Å². The summed E-state index contributed by atoms with van der Waals surface area (Å²) in [7, 11) is 0. The van der Waals surface area contributed by atoms with Crippen molar-refractivity contribution in [1.29, 1.82) is 0 Å². The van der Waals surface area contributed by atoms with Crippen LogP contribution in [0, 0.1) is 0 Å². The normalized spacial score (nSPS) is 17.0. The van der Waals surface area contributed by atoms with Crippen LogP contribution >= 0.6 is 0 Å². The van der Waals surface area contributed by atoms with E-state index in [1.54, 1.807) is 54.6 Å². The van der Waals surface area contributed by atoms with Crippen LogP contribution in [0.15, 0.2) is 115 Å². The molecule has 188 valence electrons. The maximum Gasteiger partial charge on any atom is 0.308 e. The quantitative estimate of drug-likeness (QED) is 0.136.